The Morgan fingerprint density at radius 3 is 2.53 bits per heavy atom. The van der Waals surface area contributed by atoms with E-state index in [4.69, 9.17) is 0 Å². The van der Waals surface area contributed by atoms with Crippen LogP contribution in [0.3, 0.4) is 0 Å². The van der Waals surface area contributed by atoms with E-state index in [1.54, 1.807) is 16.7 Å². The molecule has 1 aliphatic rings. The van der Waals surface area contributed by atoms with Crippen molar-refractivity contribution in [1.29, 1.82) is 0 Å². The van der Waals surface area contributed by atoms with Gasteiger partial charge in [0.25, 0.3) is 0 Å². The van der Waals surface area contributed by atoms with Crippen LogP contribution in [0.15, 0.2) is 64.1 Å². The van der Waals surface area contributed by atoms with E-state index < -0.39 is 0 Å². The molecule has 2 nitrogen and oxygen atoms in total. The van der Waals surface area contributed by atoms with Crippen molar-refractivity contribution in [2.24, 2.45) is 0 Å². The van der Waals surface area contributed by atoms with Crippen LogP contribution in [-0.4, -0.2) is 6.41 Å². The minimum atomic E-state index is 0.845. The van der Waals surface area contributed by atoms with Gasteiger partial charge in [-0.2, -0.15) is 0 Å². The third-order valence-corrected chi connectivity index (χ3v) is 4.52. The Labute approximate surface area is 124 Å². The molecule has 0 saturated heterocycles. The zero-order valence-corrected chi connectivity index (χ0v) is 12.3. The number of thioether (sulfide) groups is 1. The summed E-state index contributed by atoms with van der Waals surface area (Å²) in [5.41, 5.74) is 2.04. The van der Waals surface area contributed by atoms with Gasteiger partial charge in [-0.1, -0.05) is 52.0 Å². The second-order valence-corrected chi connectivity index (χ2v) is 6.08. The first kappa shape index (κ1) is 12.5. The molecule has 0 saturated carbocycles. The number of hydrogen-bond donors (Lipinski definition) is 0. The van der Waals surface area contributed by atoms with Crippen molar-refractivity contribution in [3.05, 3.63) is 64.8 Å². The van der Waals surface area contributed by atoms with Gasteiger partial charge < -0.3 is 0 Å². The Morgan fingerprint density at radius 1 is 1.05 bits per heavy atom. The molecule has 0 aliphatic carbocycles. The van der Waals surface area contributed by atoms with E-state index in [0.717, 1.165) is 31.9 Å². The fourth-order valence-electron chi connectivity index (χ4n) is 1.93. The highest BCUT2D eigenvalue weighted by molar-refractivity contribution is 9.10. The molecule has 0 spiro atoms. The first-order chi connectivity index (χ1) is 9.28. The second-order valence-electron chi connectivity index (χ2n) is 4.08. The van der Waals surface area contributed by atoms with Crippen molar-refractivity contribution < 1.29 is 4.79 Å². The summed E-state index contributed by atoms with van der Waals surface area (Å²) in [6.07, 6.45) is 2.72. The maximum Gasteiger partial charge on any atom is 0.218 e. The number of para-hydroxylation sites is 1. The molecule has 2 aromatic carbocycles. The van der Waals surface area contributed by atoms with Crippen molar-refractivity contribution in [2.45, 2.75) is 4.90 Å². The van der Waals surface area contributed by atoms with Crippen LogP contribution in [0.5, 0.6) is 0 Å². The topological polar surface area (TPSA) is 20.3 Å². The zero-order valence-electron chi connectivity index (χ0n) is 9.92. The molecule has 0 aromatic heterocycles. The molecule has 1 heterocycles. The maximum atomic E-state index is 11.2. The summed E-state index contributed by atoms with van der Waals surface area (Å²) in [5, 5.41) is 0. The molecule has 0 bridgehead atoms. The number of carbonyl (C=O) groups excluding carboxylic acids is 1. The highest BCUT2D eigenvalue weighted by Crippen LogP contribution is 2.43. The summed E-state index contributed by atoms with van der Waals surface area (Å²) in [6, 6.07) is 16.0. The van der Waals surface area contributed by atoms with Gasteiger partial charge in [-0.05, 0) is 29.8 Å². The monoisotopic (exact) mass is 331 g/mol. The number of fused-ring (bicyclic) bond motifs is 1. The van der Waals surface area contributed by atoms with Crippen LogP contribution in [0.25, 0.3) is 4.91 Å². The highest BCUT2D eigenvalue weighted by atomic mass is 79.9. The Kier molecular flexibility index (Phi) is 3.44. The number of carbonyl (C=O) groups is 1. The average molecular weight is 332 g/mol. The van der Waals surface area contributed by atoms with Gasteiger partial charge in [0.15, 0.2) is 0 Å². The number of hydrogen-bond acceptors (Lipinski definition) is 2. The first-order valence-corrected chi connectivity index (χ1v) is 7.37. The third kappa shape index (κ3) is 2.46. The molecule has 94 valence electrons. The molecular weight excluding hydrogens is 322 g/mol. The molecule has 1 aliphatic heterocycles. The molecule has 0 N–H and O–H groups in total. The molecule has 4 heteroatoms. The van der Waals surface area contributed by atoms with Crippen molar-refractivity contribution in [1.82, 2.24) is 0 Å². The van der Waals surface area contributed by atoms with Gasteiger partial charge in [0.05, 0.1) is 5.69 Å². The maximum absolute atomic E-state index is 11.2. The molecule has 19 heavy (non-hydrogen) atoms. The van der Waals surface area contributed by atoms with E-state index in [1.807, 2.05) is 54.7 Å². The van der Waals surface area contributed by atoms with Crippen LogP contribution >= 0.6 is 27.7 Å². The molecule has 0 atom stereocenters. The number of amides is 1. The van der Waals surface area contributed by atoms with E-state index in [9.17, 15) is 4.79 Å². The summed E-state index contributed by atoms with van der Waals surface area (Å²) in [4.78, 5) is 15.0. The number of nitrogens with zero attached hydrogens (tertiary/aromatic N) is 1. The average Bonchev–Trinajstić information content (AvgIpc) is 2.47. The van der Waals surface area contributed by atoms with Crippen LogP contribution in [0.2, 0.25) is 0 Å². The van der Waals surface area contributed by atoms with Gasteiger partial charge in [0.2, 0.25) is 6.41 Å². The van der Waals surface area contributed by atoms with Crippen molar-refractivity contribution >= 4 is 44.7 Å². The number of benzene rings is 2. The van der Waals surface area contributed by atoms with Gasteiger partial charge >= 0.3 is 0 Å². The van der Waals surface area contributed by atoms with Gasteiger partial charge in [-0.15, -0.1) is 0 Å². The Balaban J connectivity index is 2.03. The Bertz CT molecular complexity index is 651. The molecule has 2 aromatic rings. The summed E-state index contributed by atoms with van der Waals surface area (Å²) >= 11 is 5.11. The van der Waals surface area contributed by atoms with Crippen LogP contribution in [0, 0.1) is 0 Å². The van der Waals surface area contributed by atoms with E-state index in [-0.39, 0.29) is 0 Å². The molecule has 0 unspecified atom stereocenters. The lowest BCUT2D eigenvalue weighted by molar-refractivity contribution is -0.107. The first-order valence-electron chi connectivity index (χ1n) is 5.76. The summed E-state index contributed by atoms with van der Waals surface area (Å²) in [7, 11) is 0. The van der Waals surface area contributed by atoms with Gasteiger partial charge in [0.1, 0.15) is 0 Å². The normalized spacial score (nSPS) is 13.7. The predicted octanol–water partition coefficient (Wildman–Crippen LogP) is 4.52. The van der Waals surface area contributed by atoms with Gasteiger partial charge in [0, 0.05) is 20.5 Å². The molecule has 1 amide bonds. The van der Waals surface area contributed by atoms with Crippen molar-refractivity contribution in [2.75, 3.05) is 4.90 Å². The Hall–Kier alpha value is -1.52. The largest absolute Gasteiger partial charge is 0.288 e. The predicted molar refractivity (Wildman–Crippen MR) is 83.0 cm³/mol. The van der Waals surface area contributed by atoms with Crippen LogP contribution in [0.4, 0.5) is 5.69 Å². The fourth-order valence-corrected chi connectivity index (χ4v) is 3.28. The number of anilines is 1. The lowest BCUT2D eigenvalue weighted by Crippen LogP contribution is -2.16. The third-order valence-electron chi connectivity index (χ3n) is 2.86. The second kappa shape index (κ2) is 5.23. The lowest BCUT2D eigenvalue weighted by Gasteiger charge is -2.24. The quantitative estimate of drug-likeness (QED) is 0.754. The molecule has 0 radical (unpaired) electrons. The molecular formula is C15H10BrNOS. The van der Waals surface area contributed by atoms with Crippen LogP contribution < -0.4 is 4.90 Å². The minimum Gasteiger partial charge on any atom is -0.288 e. The highest BCUT2D eigenvalue weighted by Gasteiger charge is 2.18. The smallest absolute Gasteiger partial charge is 0.218 e. The summed E-state index contributed by atoms with van der Waals surface area (Å²) < 4.78 is 1.05. The summed E-state index contributed by atoms with van der Waals surface area (Å²) in [5.74, 6) is 0. The van der Waals surface area contributed by atoms with E-state index >= 15 is 0 Å². The Morgan fingerprint density at radius 2 is 1.79 bits per heavy atom. The standard InChI is InChI=1S/C15H10BrNOS/c16-12-7-5-11(6-8-12)15-9-17(10-18)13-3-1-2-4-14(13)19-15/h1-10H. The SMILES string of the molecule is O=CN1C=C(c2ccc(Br)cc2)Sc2ccccc21. The van der Waals surface area contributed by atoms with E-state index in [1.165, 1.54) is 0 Å². The number of rotatable bonds is 2. The lowest BCUT2D eigenvalue weighted by atomic mass is 10.2. The number of halogens is 1. The van der Waals surface area contributed by atoms with E-state index in [2.05, 4.69) is 15.9 Å². The minimum absolute atomic E-state index is 0.845. The van der Waals surface area contributed by atoms with Crippen molar-refractivity contribution in [3.8, 4) is 0 Å². The molecule has 3 rings (SSSR count). The van der Waals surface area contributed by atoms with Crippen LogP contribution in [0.1, 0.15) is 5.56 Å². The van der Waals surface area contributed by atoms with Gasteiger partial charge in [-0.25, -0.2) is 0 Å². The fraction of sp³-hybridized carbons (Fsp3) is 0. The van der Waals surface area contributed by atoms with E-state index in [0.29, 0.717) is 0 Å². The summed E-state index contributed by atoms with van der Waals surface area (Å²) in [6.45, 7) is 0. The van der Waals surface area contributed by atoms with Gasteiger partial charge in [-0.3, -0.25) is 9.69 Å². The zero-order chi connectivity index (χ0) is 13.2. The van der Waals surface area contributed by atoms with Crippen LogP contribution in [-0.2, 0) is 4.79 Å². The van der Waals surface area contributed by atoms with Crippen molar-refractivity contribution in [3.63, 3.8) is 0 Å². The molecule has 0 fully saturated rings.